The number of furan rings is 1. The number of hydrogen-bond acceptors (Lipinski definition) is 2. The summed E-state index contributed by atoms with van der Waals surface area (Å²) < 4.78 is 18.8. The summed E-state index contributed by atoms with van der Waals surface area (Å²) in [6.07, 6.45) is 2.37. The van der Waals surface area contributed by atoms with Crippen molar-refractivity contribution >= 4 is 26.9 Å². The summed E-state index contributed by atoms with van der Waals surface area (Å²) in [4.78, 5) is 0. The molecule has 0 fully saturated rings. The van der Waals surface area contributed by atoms with Crippen LogP contribution in [0, 0.1) is 5.82 Å². The lowest BCUT2D eigenvalue weighted by Crippen LogP contribution is -2.01. The molecule has 2 N–H and O–H groups in total. The zero-order chi connectivity index (χ0) is 10.1. The van der Waals surface area contributed by atoms with E-state index in [9.17, 15) is 4.39 Å². The third kappa shape index (κ3) is 1.55. The molecule has 14 heavy (non-hydrogen) atoms. The number of rotatable bonds is 2. The molecule has 0 atom stereocenters. The molecule has 1 aromatic carbocycles. The van der Waals surface area contributed by atoms with Crippen LogP contribution in [0.2, 0.25) is 0 Å². The summed E-state index contributed by atoms with van der Waals surface area (Å²) in [6.45, 7) is 0.559. The van der Waals surface area contributed by atoms with E-state index in [0.717, 1.165) is 17.4 Å². The van der Waals surface area contributed by atoms with Gasteiger partial charge in [0.2, 0.25) is 0 Å². The van der Waals surface area contributed by atoms with E-state index in [0.29, 0.717) is 16.6 Å². The van der Waals surface area contributed by atoms with Gasteiger partial charge in [0.15, 0.2) is 0 Å². The van der Waals surface area contributed by atoms with Crippen LogP contribution in [0.5, 0.6) is 0 Å². The van der Waals surface area contributed by atoms with Gasteiger partial charge < -0.3 is 10.2 Å². The molecule has 0 spiro atoms. The van der Waals surface area contributed by atoms with Crippen LogP contribution in [-0.2, 0) is 6.42 Å². The third-order valence-corrected chi connectivity index (χ3v) is 2.72. The van der Waals surface area contributed by atoms with Crippen LogP contribution >= 0.6 is 15.9 Å². The first-order chi connectivity index (χ1) is 6.72. The summed E-state index contributed by atoms with van der Waals surface area (Å²) in [7, 11) is 0. The quantitative estimate of drug-likeness (QED) is 0.899. The second-order valence-corrected chi connectivity index (χ2v) is 3.92. The molecule has 4 heteroatoms. The maximum atomic E-state index is 13.1. The summed E-state index contributed by atoms with van der Waals surface area (Å²) >= 11 is 3.14. The van der Waals surface area contributed by atoms with E-state index in [4.69, 9.17) is 10.2 Å². The fourth-order valence-corrected chi connectivity index (χ4v) is 1.77. The second kappa shape index (κ2) is 3.71. The smallest absolute Gasteiger partial charge is 0.141 e. The molecule has 0 aliphatic rings. The lowest BCUT2D eigenvalue weighted by Gasteiger charge is -1.96. The molecule has 0 amide bonds. The van der Waals surface area contributed by atoms with Crippen molar-refractivity contribution in [1.82, 2.24) is 0 Å². The van der Waals surface area contributed by atoms with Gasteiger partial charge in [-0.05, 0) is 40.5 Å². The SMILES string of the molecule is NCCc1coc2cc(F)c(Br)cc12. The van der Waals surface area contributed by atoms with Gasteiger partial charge in [-0.2, -0.15) is 0 Å². The summed E-state index contributed by atoms with van der Waals surface area (Å²) in [5.74, 6) is -0.314. The fraction of sp³-hybridized carbons (Fsp3) is 0.200. The first-order valence-corrected chi connectivity index (χ1v) is 5.07. The van der Waals surface area contributed by atoms with Gasteiger partial charge in [-0.25, -0.2) is 4.39 Å². The molecule has 2 nitrogen and oxygen atoms in total. The predicted molar refractivity (Wildman–Crippen MR) is 56.6 cm³/mol. The van der Waals surface area contributed by atoms with E-state index in [-0.39, 0.29) is 5.82 Å². The number of halogens is 2. The lowest BCUT2D eigenvalue weighted by atomic mass is 10.1. The number of nitrogens with two attached hydrogens (primary N) is 1. The van der Waals surface area contributed by atoms with Gasteiger partial charge in [0.25, 0.3) is 0 Å². The van der Waals surface area contributed by atoms with Gasteiger partial charge in [0.1, 0.15) is 11.4 Å². The Morgan fingerprint density at radius 3 is 2.93 bits per heavy atom. The van der Waals surface area contributed by atoms with Gasteiger partial charge in [-0.15, -0.1) is 0 Å². The molecule has 0 radical (unpaired) electrons. The van der Waals surface area contributed by atoms with Crippen LogP contribution < -0.4 is 5.73 Å². The topological polar surface area (TPSA) is 39.2 Å². The highest BCUT2D eigenvalue weighted by molar-refractivity contribution is 9.10. The third-order valence-electron chi connectivity index (χ3n) is 2.11. The van der Waals surface area contributed by atoms with Crippen LogP contribution in [0.4, 0.5) is 4.39 Å². The minimum atomic E-state index is -0.314. The summed E-state index contributed by atoms with van der Waals surface area (Å²) in [5, 5.41) is 0.920. The molecule has 0 aliphatic carbocycles. The fourth-order valence-electron chi connectivity index (χ4n) is 1.42. The molecular weight excluding hydrogens is 249 g/mol. The van der Waals surface area contributed by atoms with Gasteiger partial charge in [-0.3, -0.25) is 0 Å². The Morgan fingerprint density at radius 2 is 2.21 bits per heavy atom. The largest absolute Gasteiger partial charge is 0.464 e. The van der Waals surface area contributed by atoms with Crippen molar-refractivity contribution in [3.8, 4) is 0 Å². The van der Waals surface area contributed by atoms with Crippen LogP contribution in [-0.4, -0.2) is 6.54 Å². The maximum absolute atomic E-state index is 13.1. The van der Waals surface area contributed by atoms with E-state index in [2.05, 4.69) is 15.9 Å². The Balaban J connectivity index is 2.61. The molecule has 1 heterocycles. The van der Waals surface area contributed by atoms with E-state index in [1.165, 1.54) is 6.07 Å². The van der Waals surface area contributed by atoms with Gasteiger partial charge >= 0.3 is 0 Å². The molecule has 0 aliphatic heterocycles. The Morgan fingerprint density at radius 1 is 1.43 bits per heavy atom. The second-order valence-electron chi connectivity index (χ2n) is 3.06. The van der Waals surface area contributed by atoms with Crippen molar-refractivity contribution in [3.63, 3.8) is 0 Å². The molecule has 1 aromatic heterocycles. The van der Waals surface area contributed by atoms with Gasteiger partial charge in [0.05, 0.1) is 10.7 Å². The van der Waals surface area contributed by atoms with Crippen molar-refractivity contribution in [1.29, 1.82) is 0 Å². The highest BCUT2D eigenvalue weighted by Gasteiger charge is 2.08. The van der Waals surface area contributed by atoms with Crippen molar-refractivity contribution in [2.45, 2.75) is 6.42 Å². The number of benzene rings is 1. The molecule has 0 saturated carbocycles. The number of fused-ring (bicyclic) bond motifs is 1. The molecule has 0 bridgehead atoms. The van der Waals surface area contributed by atoms with Crippen molar-refractivity contribution in [2.75, 3.05) is 6.54 Å². The minimum absolute atomic E-state index is 0.314. The van der Waals surface area contributed by atoms with Crippen molar-refractivity contribution in [2.24, 2.45) is 5.73 Å². The van der Waals surface area contributed by atoms with Crippen LogP contribution in [0.15, 0.2) is 27.3 Å². The van der Waals surface area contributed by atoms with Crippen LogP contribution in [0.3, 0.4) is 0 Å². The lowest BCUT2D eigenvalue weighted by molar-refractivity contribution is 0.593. The average Bonchev–Trinajstić information content (AvgIpc) is 2.51. The van der Waals surface area contributed by atoms with Gasteiger partial charge in [-0.1, -0.05) is 0 Å². The van der Waals surface area contributed by atoms with Gasteiger partial charge in [0, 0.05) is 11.5 Å². The predicted octanol–water partition coefficient (Wildman–Crippen LogP) is 2.84. The molecular formula is C10H9BrFNO. The van der Waals surface area contributed by atoms with E-state index in [1.54, 1.807) is 12.3 Å². The van der Waals surface area contributed by atoms with Crippen LogP contribution in [0.1, 0.15) is 5.56 Å². The maximum Gasteiger partial charge on any atom is 0.141 e. The minimum Gasteiger partial charge on any atom is -0.464 e. The monoisotopic (exact) mass is 257 g/mol. The highest BCUT2D eigenvalue weighted by Crippen LogP contribution is 2.27. The molecule has 2 rings (SSSR count). The number of hydrogen-bond donors (Lipinski definition) is 1. The molecule has 0 unspecified atom stereocenters. The zero-order valence-electron chi connectivity index (χ0n) is 7.39. The first kappa shape index (κ1) is 9.68. The summed E-state index contributed by atoms with van der Waals surface area (Å²) in [6, 6.07) is 3.10. The Hall–Kier alpha value is -0.870. The van der Waals surface area contributed by atoms with E-state index < -0.39 is 0 Å². The van der Waals surface area contributed by atoms with Crippen molar-refractivity contribution < 1.29 is 8.81 Å². The first-order valence-electron chi connectivity index (χ1n) is 4.27. The molecule has 74 valence electrons. The zero-order valence-corrected chi connectivity index (χ0v) is 8.97. The van der Waals surface area contributed by atoms with E-state index in [1.807, 2.05) is 0 Å². The Bertz CT molecular complexity index is 466. The van der Waals surface area contributed by atoms with Crippen LogP contribution in [0.25, 0.3) is 11.0 Å². The van der Waals surface area contributed by atoms with E-state index >= 15 is 0 Å². The summed E-state index contributed by atoms with van der Waals surface area (Å²) in [5.41, 5.74) is 7.03. The van der Waals surface area contributed by atoms with Crippen molar-refractivity contribution in [3.05, 3.63) is 34.2 Å². The Labute approximate surface area is 89.0 Å². The standard InChI is InChI=1S/C10H9BrFNO/c11-8-3-7-6(1-2-13)5-14-10(7)4-9(8)12/h3-5H,1-2,13H2. The molecule has 0 saturated heterocycles. The Kier molecular flexibility index (Phi) is 2.56. The molecule has 2 aromatic rings. The highest BCUT2D eigenvalue weighted by atomic mass is 79.9. The average molecular weight is 258 g/mol. The normalized spacial score (nSPS) is 11.1.